The highest BCUT2D eigenvalue weighted by atomic mass is 19.1. The molecule has 1 spiro atoms. The minimum absolute atomic E-state index is 0.0367. The van der Waals surface area contributed by atoms with Crippen molar-refractivity contribution in [3.8, 4) is 0 Å². The molecule has 6 aliphatic rings. The number of halogens is 1. The molecule has 6 fully saturated rings. The fourth-order valence-electron chi connectivity index (χ4n) is 10.1. The number of carbonyl (C=O) groups is 3. The Balaban J connectivity index is 1.30. The number of piperidine rings is 1. The third-order valence-corrected chi connectivity index (χ3v) is 12.0. The van der Waals surface area contributed by atoms with Crippen LogP contribution in [-0.4, -0.2) is 68.3 Å². The van der Waals surface area contributed by atoms with Crippen molar-refractivity contribution in [1.82, 2.24) is 10.2 Å². The number of nitrogens with zero attached hydrogens (tertiary/aromatic N) is 1. The Bertz CT molecular complexity index is 976. The Morgan fingerprint density at radius 3 is 2.62 bits per heavy atom. The third-order valence-electron chi connectivity index (χ3n) is 12.0. The van der Waals surface area contributed by atoms with Gasteiger partial charge in [-0.1, -0.05) is 13.8 Å². The molecule has 2 heterocycles. The fraction of sp³-hybridized carbons (Fsp3) is 0.897. The van der Waals surface area contributed by atoms with Gasteiger partial charge in [-0.15, -0.1) is 0 Å². The lowest BCUT2D eigenvalue weighted by Crippen LogP contribution is -2.58. The number of hydrogen-bond acceptors (Lipinski definition) is 6. The highest BCUT2D eigenvalue weighted by Crippen LogP contribution is 2.78. The van der Waals surface area contributed by atoms with E-state index in [1.54, 1.807) is 7.11 Å². The number of nitrogens with one attached hydrogen (secondary N) is 1. The summed E-state index contributed by atoms with van der Waals surface area (Å²) in [5.74, 6) is 0.523. The molecular formula is C29H43FN2O5. The lowest BCUT2D eigenvalue weighted by atomic mass is 9.50. The molecule has 0 aromatic heterocycles. The lowest BCUT2D eigenvalue weighted by Gasteiger charge is -2.55. The van der Waals surface area contributed by atoms with Crippen LogP contribution in [0.15, 0.2) is 0 Å². The van der Waals surface area contributed by atoms with Gasteiger partial charge in [0.1, 0.15) is 11.9 Å². The zero-order valence-corrected chi connectivity index (χ0v) is 22.6. The number of alkyl carbamates (subject to hydrolysis) is 1. The summed E-state index contributed by atoms with van der Waals surface area (Å²) in [5, 5.41) is 2.57. The van der Waals surface area contributed by atoms with Gasteiger partial charge in [0.2, 0.25) is 5.91 Å². The largest absolute Gasteiger partial charge is 0.445 e. The quantitative estimate of drug-likeness (QED) is 0.569. The first-order chi connectivity index (χ1) is 17.7. The number of ketones is 1. The van der Waals surface area contributed by atoms with E-state index in [0.717, 1.165) is 51.6 Å². The second kappa shape index (κ2) is 9.00. The van der Waals surface area contributed by atoms with E-state index in [2.05, 4.69) is 17.1 Å². The zero-order valence-electron chi connectivity index (χ0n) is 22.6. The van der Waals surface area contributed by atoms with Crippen LogP contribution < -0.4 is 5.32 Å². The first kappa shape index (κ1) is 25.7. The van der Waals surface area contributed by atoms with E-state index in [4.69, 9.17) is 9.47 Å². The molecule has 3 unspecified atom stereocenters. The summed E-state index contributed by atoms with van der Waals surface area (Å²) in [6, 6.07) is 0. The van der Waals surface area contributed by atoms with Crippen molar-refractivity contribution in [3.63, 3.8) is 0 Å². The van der Waals surface area contributed by atoms with E-state index in [0.29, 0.717) is 37.6 Å². The predicted octanol–water partition coefficient (Wildman–Crippen LogP) is 4.14. The second-order valence-electron chi connectivity index (χ2n) is 13.5. The standard InChI is InChI=1S/C29H43FN2O5/c1-17-24(33)27(2,8-4-11-30)14-22(37-26(35)31-25(34)20-16-32-12-7-18(20)15-32)29-13-19(29)5-9-28(17)10-6-21(36-3)23(28)29/h17-23H,4-16H2,1-3H3,(H,31,34,35)/t17-,18+,19-,20-,21+,22+,23?,27+,28?,29-/m0/s1. The van der Waals surface area contributed by atoms with Gasteiger partial charge < -0.3 is 14.4 Å². The molecule has 7 nitrogen and oxygen atoms in total. The minimum Gasteiger partial charge on any atom is -0.445 e. The Hall–Kier alpha value is -1.54. The molecule has 11 atom stereocenters. The van der Waals surface area contributed by atoms with Crippen molar-refractivity contribution in [3.05, 3.63) is 0 Å². The molecule has 1 N–H and O–H groups in total. The Morgan fingerprint density at radius 1 is 1.16 bits per heavy atom. The third kappa shape index (κ3) is 3.75. The van der Waals surface area contributed by atoms with Gasteiger partial charge in [0.25, 0.3) is 0 Å². The predicted molar refractivity (Wildman–Crippen MR) is 134 cm³/mol. The number of ether oxygens (including phenoxy) is 2. The van der Waals surface area contributed by atoms with Crippen molar-refractivity contribution >= 4 is 17.8 Å². The molecule has 8 heteroatoms. The van der Waals surface area contributed by atoms with Gasteiger partial charge in [-0.2, -0.15) is 0 Å². The monoisotopic (exact) mass is 518 g/mol. The highest BCUT2D eigenvalue weighted by molar-refractivity contribution is 5.94. The van der Waals surface area contributed by atoms with E-state index in [1.165, 1.54) is 0 Å². The second-order valence-corrected chi connectivity index (χ2v) is 13.5. The molecule has 2 aliphatic heterocycles. The molecule has 6 rings (SSSR count). The summed E-state index contributed by atoms with van der Waals surface area (Å²) < 4.78 is 25.6. The molecule has 4 saturated carbocycles. The van der Waals surface area contributed by atoms with Gasteiger partial charge in [-0.05, 0) is 81.6 Å². The van der Waals surface area contributed by atoms with Crippen molar-refractivity contribution in [2.45, 2.75) is 83.8 Å². The van der Waals surface area contributed by atoms with Crippen molar-refractivity contribution in [2.75, 3.05) is 33.4 Å². The molecule has 2 amide bonds. The molecule has 37 heavy (non-hydrogen) atoms. The van der Waals surface area contributed by atoms with E-state index in [-0.39, 0.29) is 46.4 Å². The average Bonchev–Trinajstić information content (AvgIpc) is 3.19. The van der Waals surface area contributed by atoms with Crippen LogP contribution in [-0.2, 0) is 19.1 Å². The van der Waals surface area contributed by atoms with Crippen LogP contribution >= 0.6 is 0 Å². The Morgan fingerprint density at radius 2 is 1.95 bits per heavy atom. The normalized spacial score (nSPS) is 49.6. The maximum Gasteiger partial charge on any atom is 0.414 e. The number of fused-ring (bicyclic) bond motifs is 2. The van der Waals surface area contributed by atoms with Gasteiger partial charge in [0.15, 0.2) is 0 Å². The number of rotatable bonds is 6. The van der Waals surface area contributed by atoms with Crippen molar-refractivity contribution in [2.24, 2.45) is 45.8 Å². The summed E-state index contributed by atoms with van der Waals surface area (Å²) in [7, 11) is 1.76. The molecule has 4 bridgehead atoms. The molecule has 206 valence electrons. The summed E-state index contributed by atoms with van der Waals surface area (Å²) in [5.41, 5.74) is -1.17. The van der Waals surface area contributed by atoms with Crippen LogP contribution in [0.5, 0.6) is 0 Å². The smallest absolute Gasteiger partial charge is 0.414 e. The zero-order chi connectivity index (χ0) is 26.2. The van der Waals surface area contributed by atoms with Crippen LogP contribution in [0, 0.1) is 45.8 Å². The van der Waals surface area contributed by atoms with E-state index in [9.17, 15) is 18.8 Å². The summed E-state index contributed by atoms with van der Waals surface area (Å²) in [6.45, 7) is 6.23. The summed E-state index contributed by atoms with van der Waals surface area (Å²) in [6.07, 6.45) is 5.84. The molecule has 4 aliphatic carbocycles. The number of amides is 2. The van der Waals surface area contributed by atoms with Crippen molar-refractivity contribution in [1.29, 1.82) is 0 Å². The van der Waals surface area contributed by atoms with E-state index in [1.807, 2.05) is 6.92 Å². The Labute approximate surface area is 219 Å². The maximum atomic E-state index is 14.2. The number of alkyl halides is 1. The maximum absolute atomic E-state index is 14.2. The van der Waals surface area contributed by atoms with Crippen LogP contribution in [0.1, 0.15) is 71.6 Å². The molecule has 0 aromatic carbocycles. The summed E-state index contributed by atoms with van der Waals surface area (Å²) >= 11 is 0. The molecule has 0 aromatic rings. The van der Waals surface area contributed by atoms with Gasteiger partial charge in [-0.25, -0.2) is 4.79 Å². The fourth-order valence-corrected chi connectivity index (χ4v) is 10.1. The van der Waals surface area contributed by atoms with E-state index >= 15 is 0 Å². The Kier molecular flexibility index (Phi) is 6.26. The van der Waals surface area contributed by atoms with Gasteiger partial charge in [-0.3, -0.25) is 19.3 Å². The van der Waals surface area contributed by atoms with Crippen LogP contribution in [0.25, 0.3) is 0 Å². The lowest BCUT2D eigenvalue weighted by molar-refractivity contribution is -0.161. The SMILES string of the molecule is CO[C@@H]1CCC23CC[C@H]4C[C@@]4(C12)[C@H](OC(=O)NC(=O)[C@H]1CN2CC[C@@H]1C2)C[C@@](C)(CCCF)C(=O)[C@@H]3C. The van der Waals surface area contributed by atoms with Gasteiger partial charge >= 0.3 is 6.09 Å². The molecule has 0 radical (unpaired) electrons. The highest BCUT2D eigenvalue weighted by Gasteiger charge is 2.77. The molecule has 2 saturated heterocycles. The average molecular weight is 519 g/mol. The number of imide groups is 1. The first-order valence-electron chi connectivity index (χ1n) is 14.6. The van der Waals surface area contributed by atoms with Crippen LogP contribution in [0.2, 0.25) is 0 Å². The number of carbonyl (C=O) groups excluding carboxylic acids is 3. The number of Topliss-reactive ketones (excluding diaryl/α,β-unsaturated/α-hetero) is 1. The van der Waals surface area contributed by atoms with Crippen LogP contribution in [0.3, 0.4) is 0 Å². The molecular weight excluding hydrogens is 475 g/mol. The number of hydrogen-bond donors (Lipinski definition) is 1. The van der Waals surface area contributed by atoms with Crippen molar-refractivity contribution < 1.29 is 28.2 Å². The number of methoxy groups -OCH3 is 1. The van der Waals surface area contributed by atoms with Gasteiger partial charge in [0, 0.05) is 42.9 Å². The van der Waals surface area contributed by atoms with Gasteiger partial charge in [0.05, 0.1) is 18.7 Å². The minimum atomic E-state index is -0.765. The van der Waals surface area contributed by atoms with Crippen LogP contribution in [0.4, 0.5) is 9.18 Å². The topological polar surface area (TPSA) is 84.9 Å². The van der Waals surface area contributed by atoms with E-state index < -0.39 is 24.3 Å². The summed E-state index contributed by atoms with van der Waals surface area (Å²) in [4.78, 5) is 42.7. The first-order valence-corrected chi connectivity index (χ1v) is 14.6.